The number of aryl methyl sites for hydroxylation is 2. The van der Waals surface area contributed by atoms with E-state index < -0.39 is 0 Å². The molecule has 0 aliphatic heterocycles. The number of hydrogen-bond donors (Lipinski definition) is 0. The highest BCUT2D eigenvalue weighted by molar-refractivity contribution is 5.94. The number of hydrogen-bond acceptors (Lipinski definition) is 3. The molecule has 158 valence electrons. The summed E-state index contributed by atoms with van der Waals surface area (Å²) in [5.41, 5.74) is 5.00. The van der Waals surface area contributed by atoms with E-state index in [-0.39, 0.29) is 5.91 Å². The molecule has 5 heteroatoms. The van der Waals surface area contributed by atoms with E-state index in [9.17, 15) is 4.79 Å². The molecule has 0 bridgehead atoms. The fourth-order valence-electron chi connectivity index (χ4n) is 4.46. The van der Waals surface area contributed by atoms with Gasteiger partial charge in [-0.3, -0.25) is 4.79 Å². The van der Waals surface area contributed by atoms with Crippen molar-refractivity contribution in [1.82, 2.24) is 19.4 Å². The Balaban J connectivity index is 1.69. The number of carbonyl (C=O) groups excluding carboxylic acids is 1. The molecule has 1 aliphatic rings. The van der Waals surface area contributed by atoms with Crippen LogP contribution >= 0.6 is 0 Å². The molecule has 2 heterocycles. The molecule has 3 aromatic rings. The third kappa shape index (κ3) is 4.11. The van der Waals surface area contributed by atoms with E-state index in [1.807, 2.05) is 41.4 Å². The zero-order valence-corrected chi connectivity index (χ0v) is 18.4. The van der Waals surface area contributed by atoms with Gasteiger partial charge in [0.1, 0.15) is 11.3 Å². The number of amides is 1. The van der Waals surface area contributed by atoms with Gasteiger partial charge in [0.05, 0.1) is 6.54 Å². The second kappa shape index (κ2) is 8.99. The number of benzene rings is 1. The van der Waals surface area contributed by atoms with Crippen LogP contribution in [0, 0.1) is 13.8 Å². The van der Waals surface area contributed by atoms with E-state index in [0.717, 1.165) is 60.3 Å². The third-order valence-electron chi connectivity index (χ3n) is 6.37. The predicted molar refractivity (Wildman–Crippen MR) is 121 cm³/mol. The van der Waals surface area contributed by atoms with E-state index in [4.69, 9.17) is 4.98 Å². The number of fused-ring (bicyclic) bond motifs is 1. The van der Waals surface area contributed by atoms with Crippen molar-refractivity contribution in [2.24, 2.45) is 0 Å². The lowest BCUT2D eigenvalue weighted by Gasteiger charge is -2.24. The summed E-state index contributed by atoms with van der Waals surface area (Å²) in [6.07, 6.45) is 8.70. The number of carbonyl (C=O) groups is 1. The Labute approximate surface area is 179 Å². The van der Waals surface area contributed by atoms with Crippen LogP contribution in [-0.4, -0.2) is 31.9 Å². The Kier molecular flexibility index (Phi) is 6.16. The van der Waals surface area contributed by atoms with Crippen LogP contribution in [0.2, 0.25) is 0 Å². The van der Waals surface area contributed by atoms with Crippen LogP contribution in [0.1, 0.15) is 78.8 Å². The topological polar surface area (TPSA) is 51.0 Å². The maximum atomic E-state index is 13.4. The summed E-state index contributed by atoms with van der Waals surface area (Å²) in [6.45, 7) is 7.57. The molecule has 0 radical (unpaired) electrons. The average molecular weight is 405 g/mol. The summed E-state index contributed by atoms with van der Waals surface area (Å²) in [4.78, 5) is 25.0. The highest BCUT2D eigenvalue weighted by atomic mass is 16.2. The molecule has 1 saturated carbocycles. The SMILES string of the molecule is CCCCN(Cc1nc2cccnc2n1C1CCCC1)C(=O)c1ccc(C)c(C)c1. The second-order valence-electron chi connectivity index (χ2n) is 8.56. The Morgan fingerprint density at radius 1 is 1.17 bits per heavy atom. The van der Waals surface area contributed by atoms with E-state index in [0.29, 0.717) is 12.6 Å². The normalized spacial score (nSPS) is 14.5. The van der Waals surface area contributed by atoms with E-state index in [1.54, 1.807) is 0 Å². The molecule has 0 N–H and O–H groups in total. The van der Waals surface area contributed by atoms with Crippen molar-refractivity contribution >= 4 is 17.1 Å². The maximum Gasteiger partial charge on any atom is 0.254 e. The fraction of sp³-hybridized carbons (Fsp3) is 0.480. The van der Waals surface area contributed by atoms with Gasteiger partial charge in [-0.15, -0.1) is 0 Å². The summed E-state index contributed by atoms with van der Waals surface area (Å²) in [7, 11) is 0. The average Bonchev–Trinajstić information content (AvgIpc) is 3.39. The number of rotatable bonds is 7. The number of imidazole rings is 1. The molecule has 5 nitrogen and oxygen atoms in total. The minimum absolute atomic E-state index is 0.0875. The molecule has 1 aliphatic carbocycles. The van der Waals surface area contributed by atoms with Gasteiger partial charge in [-0.1, -0.05) is 32.3 Å². The minimum Gasteiger partial charge on any atom is -0.331 e. The second-order valence-corrected chi connectivity index (χ2v) is 8.56. The summed E-state index contributed by atoms with van der Waals surface area (Å²) in [5.74, 6) is 1.05. The first-order valence-electron chi connectivity index (χ1n) is 11.3. The van der Waals surface area contributed by atoms with E-state index >= 15 is 0 Å². The van der Waals surface area contributed by atoms with Gasteiger partial charge in [-0.05, 0) is 68.5 Å². The molecular formula is C25H32N4O. The monoisotopic (exact) mass is 404 g/mol. The van der Waals surface area contributed by atoms with E-state index in [2.05, 4.69) is 30.3 Å². The molecular weight excluding hydrogens is 372 g/mol. The van der Waals surface area contributed by atoms with Crippen molar-refractivity contribution in [3.8, 4) is 0 Å². The minimum atomic E-state index is 0.0875. The largest absolute Gasteiger partial charge is 0.331 e. The van der Waals surface area contributed by atoms with Gasteiger partial charge in [0.2, 0.25) is 0 Å². The van der Waals surface area contributed by atoms with Crippen LogP contribution in [0.25, 0.3) is 11.2 Å². The maximum absolute atomic E-state index is 13.4. The first-order chi connectivity index (χ1) is 14.6. The zero-order valence-electron chi connectivity index (χ0n) is 18.4. The highest BCUT2D eigenvalue weighted by Crippen LogP contribution is 2.33. The summed E-state index contributed by atoms with van der Waals surface area (Å²) in [5, 5.41) is 0. The molecule has 2 aromatic heterocycles. The smallest absolute Gasteiger partial charge is 0.254 e. The van der Waals surface area contributed by atoms with Crippen molar-refractivity contribution in [1.29, 1.82) is 0 Å². The van der Waals surface area contributed by atoms with Gasteiger partial charge in [0.15, 0.2) is 5.65 Å². The molecule has 4 rings (SSSR count). The molecule has 30 heavy (non-hydrogen) atoms. The number of unbranched alkanes of at least 4 members (excludes halogenated alkanes) is 1. The molecule has 1 fully saturated rings. The van der Waals surface area contributed by atoms with Crippen LogP contribution in [-0.2, 0) is 6.54 Å². The summed E-state index contributed by atoms with van der Waals surface area (Å²) < 4.78 is 2.31. The Hall–Kier alpha value is -2.69. The van der Waals surface area contributed by atoms with Crippen molar-refractivity contribution < 1.29 is 4.79 Å². The van der Waals surface area contributed by atoms with Gasteiger partial charge in [0.25, 0.3) is 5.91 Å². The molecule has 1 amide bonds. The first-order valence-corrected chi connectivity index (χ1v) is 11.3. The molecule has 0 saturated heterocycles. The van der Waals surface area contributed by atoms with Crippen LogP contribution < -0.4 is 0 Å². The van der Waals surface area contributed by atoms with Gasteiger partial charge in [-0.25, -0.2) is 9.97 Å². The van der Waals surface area contributed by atoms with Crippen molar-refractivity contribution in [3.05, 3.63) is 59.0 Å². The summed E-state index contributed by atoms with van der Waals surface area (Å²) >= 11 is 0. The molecule has 0 spiro atoms. The molecule has 0 atom stereocenters. The lowest BCUT2D eigenvalue weighted by molar-refractivity contribution is 0.0734. The Morgan fingerprint density at radius 3 is 2.70 bits per heavy atom. The Bertz CT molecular complexity index is 1030. The number of pyridine rings is 1. The number of nitrogens with zero attached hydrogens (tertiary/aromatic N) is 4. The quantitative estimate of drug-likeness (QED) is 0.514. The van der Waals surface area contributed by atoms with Crippen molar-refractivity contribution in [3.63, 3.8) is 0 Å². The van der Waals surface area contributed by atoms with Gasteiger partial charge < -0.3 is 9.47 Å². The predicted octanol–water partition coefficient (Wildman–Crippen LogP) is 5.61. The van der Waals surface area contributed by atoms with Crippen LogP contribution in [0.15, 0.2) is 36.5 Å². The zero-order chi connectivity index (χ0) is 21.1. The standard InChI is InChI=1S/C25H32N4O/c1-4-5-15-28(25(30)20-13-12-18(2)19(3)16-20)17-23-27-22-11-8-14-26-24(22)29(23)21-9-6-7-10-21/h8,11-14,16,21H,4-7,9-10,15,17H2,1-3H3. The van der Waals surface area contributed by atoms with Gasteiger partial charge >= 0.3 is 0 Å². The number of aromatic nitrogens is 3. The molecule has 0 unspecified atom stereocenters. The fourth-order valence-corrected chi connectivity index (χ4v) is 4.46. The van der Waals surface area contributed by atoms with Crippen LogP contribution in [0.5, 0.6) is 0 Å². The van der Waals surface area contributed by atoms with Gasteiger partial charge in [-0.2, -0.15) is 0 Å². The van der Waals surface area contributed by atoms with Crippen molar-refractivity contribution in [2.45, 2.75) is 71.9 Å². The first kappa shape index (κ1) is 20.6. The van der Waals surface area contributed by atoms with Gasteiger partial charge in [0, 0.05) is 24.3 Å². The van der Waals surface area contributed by atoms with E-state index in [1.165, 1.54) is 18.4 Å². The highest BCUT2D eigenvalue weighted by Gasteiger charge is 2.26. The Morgan fingerprint density at radius 2 is 1.97 bits per heavy atom. The lowest BCUT2D eigenvalue weighted by Crippen LogP contribution is -2.33. The molecule has 1 aromatic carbocycles. The summed E-state index contributed by atoms with van der Waals surface area (Å²) in [6, 6.07) is 10.4. The third-order valence-corrected chi connectivity index (χ3v) is 6.37. The van der Waals surface area contributed by atoms with Crippen LogP contribution in [0.3, 0.4) is 0 Å². The van der Waals surface area contributed by atoms with Crippen molar-refractivity contribution in [2.75, 3.05) is 6.54 Å². The van der Waals surface area contributed by atoms with Crippen LogP contribution in [0.4, 0.5) is 0 Å². The lowest BCUT2D eigenvalue weighted by atomic mass is 10.1.